The minimum Gasteiger partial charge on any atom is -0.497 e. The fourth-order valence-corrected chi connectivity index (χ4v) is 5.09. The van der Waals surface area contributed by atoms with Crippen LogP contribution < -0.4 is 9.64 Å². The van der Waals surface area contributed by atoms with Crippen LogP contribution in [-0.2, 0) is 10.0 Å². The number of benzene rings is 2. The number of nitrogens with zero attached hydrogens (tertiary/aromatic N) is 2. The van der Waals surface area contributed by atoms with Gasteiger partial charge in [0, 0.05) is 37.3 Å². The first kappa shape index (κ1) is 19.3. The third-order valence-electron chi connectivity index (χ3n) is 4.50. The Hall–Kier alpha value is -1.47. The number of hydrogen-bond donors (Lipinski definition) is 0. The minimum atomic E-state index is -3.58. The zero-order chi connectivity index (χ0) is 18.9. The molecule has 140 valence electrons. The summed E-state index contributed by atoms with van der Waals surface area (Å²) >= 11 is 12.3. The van der Waals surface area contributed by atoms with E-state index in [9.17, 15) is 8.42 Å². The van der Waals surface area contributed by atoms with Crippen molar-refractivity contribution in [1.29, 1.82) is 0 Å². The number of ether oxygens (including phenoxy) is 1. The van der Waals surface area contributed by atoms with E-state index in [0.717, 1.165) is 5.69 Å². The molecule has 0 spiro atoms. The number of methoxy groups -OCH3 is 1. The molecule has 8 heteroatoms. The average molecular weight is 415 g/mol. The lowest BCUT2D eigenvalue weighted by atomic mass is 10.2. The second kappa shape index (κ2) is 7.64. The molecule has 3 rings (SSSR count). The molecular weight excluding hydrogens is 395 g/mol. The lowest BCUT2D eigenvalue weighted by Gasteiger charge is -2.36. The van der Waals surface area contributed by atoms with Crippen molar-refractivity contribution in [2.45, 2.75) is 11.8 Å². The van der Waals surface area contributed by atoms with Gasteiger partial charge in [-0.25, -0.2) is 8.42 Å². The summed E-state index contributed by atoms with van der Waals surface area (Å²) in [6.07, 6.45) is 0. The van der Waals surface area contributed by atoms with Crippen LogP contribution in [0.15, 0.2) is 41.3 Å². The molecule has 0 amide bonds. The molecule has 1 fully saturated rings. The molecule has 26 heavy (non-hydrogen) atoms. The van der Waals surface area contributed by atoms with E-state index < -0.39 is 10.0 Å². The van der Waals surface area contributed by atoms with E-state index in [-0.39, 0.29) is 4.90 Å². The van der Waals surface area contributed by atoms with Crippen LogP contribution in [0.25, 0.3) is 0 Å². The Morgan fingerprint density at radius 3 is 2.35 bits per heavy atom. The van der Waals surface area contributed by atoms with Crippen LogP contribution in [0, 0.1) is 6.92 Å². The molecular formula is C18H20Cl2N2O3S. The van der Waals surface area contributed by atoms with Gasteiger partial charge in [-0.1, -0.05) is 29.3 Å². The third-order valence-corrected chi connectivity index (χ3v) is 7.10. The van der Waals surface area contributed by atoms with Gasteiger partial charge in [-0.05, 0) is 36.8 Å². The monoisotopic (exact) mass is 414 g/mol. The summed E-state index contributed by atoms with van der Waals surface area (Å²) in [4.78, 5) is 2.34. The number of aryl methyl sites for hydroxylation is 1. The van der Waals surface area contributed by atoms with E-state index in [4.69, 9.17) is 27.9 Å². The molecule has 0 N–H and O–H groups in total. The van der Waals surface area contributed by atoms with E-state index in [1.54, 1.807) is 43.3 Å². The number of sulfonamides is 1. The standard InChI is InChI=1S/C18H20Cl2N2O3S/c1-13-3-5-15(25-2)12-18(13)26(23,24)22-9-7-21(8-10-22)17-11-14(19)4-6-16(17)20/h3-6,11-12H,7-10H2,1-2H3. The second-order valence-corrected chi connectivity index (χ2v) is 8.87. The van der Waals surface area contributed by atoms with Crippen molar-refractivity contribution in [3.05, 3.63) is 52.0 Å². The van der Waals surface area contributed by atoms with Crippen LogP contribution in [0.4, 0.5) is 5.69 Å². The largest absolute Gasteiger partial charge is 0.497 e. The molecule has 0 bridgehead atoms. The van der Waals surface area contributed by atoms with Crippen LogP contribution >= 0.6 is 23.2 Å². The quantitative estimate of drug-likeness (QED) is 0.762. The molecule has 1 aliphatic rings. The highest BCUT2D eigenvalue weighted by atomic mass is 35.5. The summed E-state index contributed by atoms with van der Waals surface area (Å²) in [6.45, 7) is 3.63. The molecule has 1 saturated heterocycles. The second-order valence-electron chi connectivity index (χ2n) is 6.12. The van der Waals surface area contributed by atoms with Crippen molar-refractivity contribution in [2.24, 2.45) is 0 Å². The van der Waals surface area contributed by atoms with Crippen LogP contribution in [0.2, 0.25) is 10.0 Å². The van der Waals surface area contributed by atoms with Crippen molar-refractivity contribution >= 4 is 38.9 Å². The van der Waals surface area contributed by atoms with Gasteiger partial charge >= 0.3 is 0 Å². The normalized spacial score (nSPS) is 15.9. The zero-order valence-electron chi connectivity index (χ0n) is 14.6. The molecule has 5 nitrogen and oxygen atoms in total. The summed E-state index contributed by atoms with van der Waals surface area (Å²) in [5.41, 5.74) is 1.53. The van der Waals surface area contributed by atoms with Crippen molar-refractivity contribution in [1.82, 2.24) is 4.31 Å². The molecule has 0 radical (unpaired) electrons. The van der Waals surface area contributed by atoms with Crippen LogP contribution in [0.3, 0.4) is 0 Å². The van der Waals surface area contributed by atoms with Crippen LogP contribution in [-0.4, -0.2) is 46.0 Å². The first-order valence-corrected chi connectivity index (χ1v) is 10.4. The summed E-state index contributed by atoms with van der Waals surface area (Å²) in [6, 6.07) is 10.4. The fraction of sp³-hybridized carbons (Fsp3) is 0.333. The van der Waals surface area contributed by atoms with Gasteiger partial charge in [0.25, 0.3) is 0 Å². The number of piperazine rings is 1. The number of rotatable bonds is 4. The first-order valence-electron chi connectivity index (χ1n) is 8.17. The Kier molecular flexibility index (Phi) is 5.67. The maximum Gasteiger partial charge on any atom is 0.243 e. The van der Waals surface area contributed by atoms with Gasteiger partial charge in [-0.15, -0.1) is 0 Å². The van der Waals surface area contributed by atoms with Crippen molar-refractivity contribution in [3.8, 4) is 5.75 Å². The molecule has 1 heterocycles. The molecule has 0 saturated carbocycles. The summed E-state index contributed by atoms with van der Waals surface area (Å²) in [7, 11) is -2.06. The Morgan fingerprint density at radius 2 is 1.69 bits per heavy atom. The molecule has 2 aromatic rings. The Labute approximate surface area is 164 Å². The molecule has 0 unspecified atom stereocenters. The molecule has 0 atom stereocenters. The molecule has 0 aliphatic carbocycles. The minimum absolute atomic E-state index is 0.283. The first-order chi connectivity index (χ1) is 12.3. The van der Waals surface area contributed by atoms with Gasteiger partial charge in [-0.2, -0.15) is 4.31 Å². The fourth-order valence-electron chi connectivity index (χ4n) is 3.02. The molecule has 0 aromatic heterocycles. The topological polar surface area (TPSA) is 49.9 Å². The summed E-state index contributed by atoms with van der Waals surface area (Å²) < 4.78 is 32.8. The SMILES string of the molecule is COc1ccc(C)c(S(=O)(=O)N2CCN(c3cc(Cl)ccc3Cl)CC2)c1. The molecule has 2 aromatic carbocycles. The lowest BCUT2D eigenvalue weighted by Crippen LogP contribution is -2.48. The Bertz CT molecular complexity index is 911. The maximum atomic E-state index is 13.0. The number of hydrogen-bond acceptors (Lipinski definition) is 4. The van der Waals surface area contributed by atoms with Gasteiger partial charge in [-0.3, -0.25) is 0 Å². The van der Waals surface area contributed by atoms with E-state index >= 15 is 0 Å². The lowest BCUT2D eigenvalue weighted by molar-refractivity contribution is 0.383. The highest BCUT2D eigenvalue weighted by molar-refractivity contribution is 7.89. The van der Waals surface area contributed by atoms with E-state index in [2.05, 4.69) is 4.90 Å². The van der Waals surface area contributed by atoms with Gasteiger partial charge in [0.15, 0.2) is 0 Å². The van der Waals surface area contributed by atoms with Gasteiger partial charge in [0.1, 0.15) is 5.75 Å². The van der Waals surface area contributed by atoms with Crippen LogP contribution in [0.5, 0.6) is 5.75 Å². The van der Waals surface area contributed by atoms with Crippen molar-refractivity contribution in [2.75, 3.05) is 38.2 Å². The predicted molar refractivity (Wildman–Crippen MR) is 105 cm³/mol. The Balaban J connectivity index is 1.80. The van der Waals surface area contributed by atoms with Crippen molar-refractivity contribution < 1.29 is 13.2 Å². The summed E-state index contributed by atoms with van der Waals surface area (Å²) in [5.74, 6) is 0.526. The van der Waals surface area contributed by atoms with Gasteiger partial charge < -0.3 is 9.64 Å². The van der Waals surface area contributed by atoms with Crippen LogP contribution in [0.1, 0.15) is 5.56 Å². The smallest absolute Gasteiger partial charge is 0.243 e. The highest BCUT2D eigenvalue weighted by Crippen LogP contribution is 2.31. The third kappa shape index (κ3) is 3.78. The highest BCUT2D eigenvalue weighted by Gasteiger charge is 2.30. The van der Waals surface area contributed by atoms with E-state index in [0.29, 0.717) is 47.5 Å². The van der Waals surface area contributed by atoms with Gasteiger partial charge in [0.05, 0.1) is 22.7 Å². The average Bonchev–Trinajstić information content (AvgIpc) is 2.64. The molecule has 1 aliphatic heterocycles. The maximum absolute atomic E-state index is 13.0. The number of halogens is 2. The number of anilines is 1. The zero-order valence-corrected chi connectivity index (χ0v) is 16.9. The van der Waals surface area contributed by atoms with Gasteiger partial charge in [0.2, 0.25) is 10.0 Å². The summed E-state index contributed by atoms with van der Waals surface area (Å²) in [5, 5.41) is 1.21. The van der Waals surface area contributed by atoms with E-state index in [1.807, 2.05) is 0 Å². The van der Waals surface area contributed by atoms with Crippen molar-refractivity contribution in [3.63, 3.8) is 0 Å². The Morgan fingerprint density at radius 1 is 1.00 bits per heavy atom. The van der Waals surface area contributed by atoms with E-state index in [1.165, 1.54) is 11.4 Å². The predicted octanol–water partition coefficient (Wildman–Crippen LogP) is 3.82.